The van der Waals surface area contributed by atoms with Crippen molar-refractivity contribution in [2.45, 2.75) is 26.4 Å². The quantitative estimate of drug-likeness (QED) is 0.893. The minimum atomic E-state index is -0.439. The van der Waals surface area contributed by atoms with Crippen LogP contribution in [0.3, 0.4) is 0 Å². The lowest BCUT2D eigenvalue weighted by atomic mass is 10.1. The molecule has 0 fully saturated rings. The third-order valence-corrected chi connectivity index (χ3v) is 3.03. The van der Waals surface area contributed by atoms with E-state index in [-0.39, 0.29) is 5.91 Å². The van der Waals surface area contributed by atoms with Gasteiger partial charge in [-0.3, -0.25) is 4.79 Å². The van der Waals surface area contributed by atoms with E-state index in [1.807, 2.05) is 56.3 Å². The molecule has 19 heavy (non-hydrogen) atoms. The minimum absolute atomic E-state index is 0.0575. The van der Waals surface area contributed by atoms with Crippen LogP contribution in [0, 0.1) is 0 Å². The van der Waals surface area contributed by atoms with Gasteiger partial charge in [0.2, 0.25) is 0 Å². The Hall–Kier alpha value is -2.03. The third-order valence-electron chi connectivity index (χ3n) is 3.03. The average molecular weight is 257 g/mol. The second kappa shape index (κ2) is 6.23. The molecule has 0 unspecified atom stereocenters. The van der Waals surface area contributed by atoms with Crippen LogP contribution < -0.4 is 10.1 Å². The lowest BCUT2D eigenvalue weighted by molar-refractivity contribution is -0.127. The molecule has 100 valence electrons. The molecular formula is C16H19NO2. The van der Waals surface area contributed by atoms with Gasteiger partial charge in [-0.05, 0) is 24.8 Å². The lowest BCUT2D eigenvalue weighted by Crippen LogP contribution is -2.37. The molecule has 3 nitrogen and oxygen atoms in total. The first-order chi connectivity index (χ1) is 9.26. The van der Waals surface area contributed by atoms with Crippen molar-refractivity contribution in [1.82, 2.24) is 5.32 Å². The van der Waals surface area contributed by atoms with Gasteiger partial charge in [-0.1, -0.05) is 43.3 Å². The largest absolute Gasteiger partial charge is 0.480 e. The van der Waals surface area contributed by atoms with E-state index in [2.05, 4.69) is 5.32 Å². The number of carbonyl (C=O) groups is 1. The minimum Gasteiger partial charge on any atom is -0.480 e. The van der Waals surface area contributed by atoms with Crippen molar-refractivity contribution in [2.24, 2.45) is 0 Å². The predicted octanol–water partition coefficient (Wildman–Crippen LogP) is 3.13. The Morgan fingerprint density at radius 2 is 1.89 bits per heavy atom. The van der Waals surface area contributed by atoms with Gasteiger partial charge in [0.1, 0.15) is 5.75 Å². The fraction of sp³-hybridized carbons (Fsp3) is 0.312. The maximum Gasteiger partial charge on any atom is 0.261 e. The van der Waals surface area contributed by atoms with E-state index >= 15 is 0 Å². The molecule has 0 saturated heterocycles. The molecular weight excluding hydrogens is 238 g/mol. The number of benzene rings is 2. The molecule has 3 heteroatoms. The second-order valence-electron chi connectivity index (χ2n) is 4.39. The summed E-state index contributed by atoms with van der Waals surface area (Å²) in [5.74, 6) is 0.703. The van der Waals surface area contributed by atoms with E-state index in [1.54, 1.807) is 0 Å². The molecule has 0 spiro atoms. The van der Waals surface area contributed by atoms with Crippen LogP contribution in [-0.2, 0) is 4.79 Å². The van der Waals surface area contributed by atoms with Gasteiger partial charge >= 0.3 is 0 Å². The number of nitrogens with one attached hydrogen (secondary N) is 1. The highest BCUT2D eigenvalue weighted by Crippen LogP contribution is 2.26. The maximum atomic E-state index is 11.9. The number of hydrogen-bond donors (Lipinski definition) is 1. The monoisotopic (exact) mass is 257 g/mol. The van der Waals surface area contributed by atoms with Crippen molar-refractivity contribution < 1.29 is 9.53 Å². The fourth-order valence-electron chi connectivity index (χ4n) is 2.06. The van der Waals surface area contributed by atoms with E-state index in [1.165, 1.54) is 0 Å². The van der Waals surface area contributed by atoms with Gasteiger partial charge < -0.3 is 10.1 Å². The van der Waals surface area contributed by atoms with Crippen molar-refractivity contribution in [3.8, 4) is 5.75 Å². The number of rotatable bonds is 5. The van der Waals surface area contributed by atoms with Gasteiger partial charge in [0.25, 0.3) is 5.91 Å². The molecule has 0 bridgehead atoms. The molecule has 2 aromatic carbocycles. The van der Waals surface area contributed by atoms with Crippen molar-refractivity contribution in [1.29, 1.82) is 0 Å². The Kier molecular flexibility index (Phi) is 4.39. The number of amides is 1. The third kappa shape index (κ3) is 3.05. The van der Waals surface area contributed by atoms with Crippen LogP contribution >= 0.6 is 0 Å². The Morgan fingerprint density at radius 3 is 2.63 bits per heavy atom. The first kappa shape index (κ1) is 13.4. The Balaban J connectivity index is 2.27. The van der Waals surface area contributed by atoms with Crippen LogP contribution in [0.4, 0.5) is 0 Å². The second-order valence-corrected chi connectivity index (χ2v) is 4.39. The number of ether oxygens (including phenoxy) is 1. The Labute approximate surface area is 113 Å². The van der Waals surface area contributed by atoms with Crippen LogP contribution in [0.5, 0.6) is 5.75 Å². The summed E-state index contributed by atoms with van der Waals surface area (Å²) in [5.41, 5.74) is 0. The summed E-state index contributed by atoms with van der Waals surface area (Å²) >= 11 is 0. The van der Waals surface area contributed by atoms with Gasteiger partial charge in [-0.25, -0.2) is 0 Å². The summed E-state index contributed by atoms with van der Waals surface area (Å²) in [5, 5.41) is 4.95. The normalized spacial score (nSPS) is 12.1. The Morgan fingerprint density at radius 1 is 1.16 bits per heavy atom. The lowest BCUT2D eigenvalue weighted by Gasteiger charge is -2.18. The molecule has 0 aliphatic rings. The number of carbonyl (C=O) groups excluding carboxylic acids is 1. The number of likely N-dealkylation sites (N-methyl/N-ethyl adjacent to an activating group) is 1. The molecule has 2 aromatic rings. The predicted molar refractivity (Wildman–Crippen MR) is 77.3 cm³/mol. The number of hydrogen-bond acceptors (Lipinski definition) is 2. The van der Waals surface area contributed by atoms with Gasteiger partial charge in [-0.2, -0.15) is 0 Å². The molecule has 1 amide bonds. The summed E-state index contributed by atoms with van der Waals surface area (Å²) in [7, 11) is 0. The zero-order chi connectivity index (χ0) is 13.7. The van der Waals surface area contributed by atoms with Crippen molar-refractivity contribution in [2.75, 3.05) is 6.54 Å². The molecule has 0 radical (unpaired) electrons. The van der Waals surface area contributed by atoms with E-state index in [0.29, 0.717) is 13.0 Å². The zero-order valence-electron chi connectivity index (χ0n) is 11.3. The highest BCUT2D eigenvalue weighted by Gasteiger charge is 2.18. The highest BCUT2D eigenvalue weighted by atomic mass is 16.5. The zero-order valence-corrected chi connectivity index (χ0v) is 11.3. The molecule has 1 N–H and O–H groups in total. The fourth-order valence-corrected chi connectivity index (χ4v) is 2.06. The molecule has 0 aromatic heterocycles. The van der Waals surface area contributed by atoms with E-state index in [9.17, 15) is 4.79 Å². The smallest absolute Gasteiger partial charge is 0.261 e. The summed E-state index contributed by atoms with van der Waals surface area (Å²) in [6.07, 6.45) is 0.209. The molecule has 1 atom stereocenters. The van der Waals surface area contributed by atoms with Crippen LogP contribution in [0.15, 0.2) is 42.5 Å². The van der Waals surface area contributed by atoms with Crippen LogP contribution in [-0.4, -0.2) is 18.6 Å². The summed E-state index contributed by atoms with van der Waals surface area (Å²) in [6, 6.07) is 13.9. The Bertz CT molecular complexity index is 560. The van der Waals surface area contributed by atoms with Gasteiger partial charge in [-0.15, -0.1) is 0 Å². The van der Waals surface area contributed by atoms with Gasteiger partial charge in [0.05, 0.1) is 0 Å². The van der Waals surface area contributed by atoms with Gasteiger partial charge in [0, 0.05) is 11.9 Å². The van der Waals surface area contributed by atoms with Crippen molar-refractivity contribution >= 4 is 16.7 Å². The van der Waals surface area contributed by atoms with Crippen LogP contribution in [0.25, 0.3) is 10.8 Å². The summed E-state index contributed by atoms with van der Waals surface area (Å²) < 4.78 is 5.88. The molecule has 0 aliphatic heterocycles. The average Bonchev–Trinajstić information content (AvgIpc) is 2.45. The van der Waals surface area contributed by atoms with Crippen LogP contribution in [0.1, 0.15) is 20.3 Å². The van der Waals surface area contributed by atoms with E-state index in [0.717, 1.165) is 16.5 Å². The standard InChI is InChI=1S/C16H19NO2/c1-3-14(16(18)17-4-2)19-15-11-7-9-12-8-5-6-10-13(12)15/h5-11,14H,3-4H2,1-2H3,(H,17,18)/t14-/m0/s1. The van der Waals surface area contributed by atoms with Crippen LogP contribution in [0.2, 0.25) is 0 Å². The van der Waals surface area contributed by atoms with Gasteiger partial charge in [0.15, 0.2) is 6.10 Å². The van der Waals surface area contributed by atoms with Crippen molar-refractivity contribution in [3.05, 3.63) is 42.5 Å². The molecule has 0 saturated carbocycles. The maximum absolute atomic E-state index is 11.9. The summed E-state index contributed by atoms with van der Waals surface area (Å²) in [6.45, 7) is 4.47. The first-order valence-electron chi connectivity index (χ1n) is 6.68. The van der Waals surface area contributed by atoms with E-state index < -0.39 is 6.10 Å². The molecule has 0 aliphatic carbocycles. The first-order valence-corrected chi connectivity index (χ1v) is 6.68. The van der Waals surface area contributed by atoms with E-state index in [4.69, 9.17) is 4.74 Å². The molecule has 2 rings (SSSR count). The highest BCUT2D eigenvalue weighted by molar-refractivity contribution is 5.89. The molecule has 0 heterocycles. The number of fused-ring (bicyclic) bond motifs is 1. The van der Waals surface area contributed by atoms with Crippen molar-refractivity contribution in [3.63, 3.8) is 0 Å². The SMILES string of the molecule is CCNC(=O)[C@H](CC)Oc1cccc2ccccc12. The topological polar surface area (TPSA) is 38.3 Å². The summed E-state index contributed by atoms with van der Waals surface area (Å²) in [4.78, 5) is 11.9.